The number of amides is 1. The van der Waals surface area contributed by atoms with Crippen molar-refractivity contribution in [3.63, 3.8) is 0 Å². The predicted molar refractivity (Wildman–Crippen MR) is 103 cm³/mol. The van der Waals surface area contributed by atoms with Gasteiger partial charge in [0.2, 0.25) is 0 Å². The van der Waals surface area contributed by atoms with E-state index in [1.807, 2.05) is 23.1 Å². The maximum Gasteiger partial charge on any atom is 0.255 e. The second-order valence-corrected chi connectivity index (χ2v) is 7.07. The van der Waals surface area contributed by atoms with Gasteiger partial charge < -0.3 is 9.64 Å². The highest BCUT2D eigenvalue weighted by atomic mass is 79.9. The van der Waals surface area contributed by atoms with Crippen LogP contribution in [-0.2, 0) is 6.42 Å². The van der Waals surface area contributed by atoms with E-state index in [9.17, 15) is 4.79 Å². The van der Waals surface area contributed by atoms with E-state index in [-0.39, 0.29) is 5.91 Å². The molecule has 1 aliphatic rings. The molecule has 2 aromatic rings. The number of piperazine rings is 1. The Kier molecular flexibility index (Phi) is 6.10. The smallest absolute Gasteiger partial charge is 0.255 e. The number of benzene rings is 2. The van der Waals surface area contributed by atoms with Crippen molar-refractivity contribution in [2.24, 2.45) is 0 Å². The van der Waals surface area contributed by atoms with Gasteiger partial charge in [-0.2, -0.15) is 0 Å². The molecule has 5 heteroatoms. The Balaban J connectivity index is 1.54. The quantitative estimate of drug-likeness (QED) is 0.767. The molecule has 0 spiro atoms. The van der Waals surface area contributed by atoms with Gasteiger partial charge in [-0.1, -0.05) is 30.3 Å². The van der Waals surface area contributed by atoms with Crippen molar-refractivity contribution in [3.05, 3.63) is 64.1 Å². The largest absolute Gasteiger partial charge is 0.497 e. The molecule has 0 radical (unpaired) electrons. The van der Waals surface area contributed by atoms with E-state index in [0.29, 0.717) is 11.3 Å². The van der Waals surface area contributed by atoms with Crippen molar-refractivity contribution in [2.45, 2.75) is 6.42 Å². The Morgan fingerprint density at radius 2 is 1.80 bits per heavy atom. The summed E-state index contributed by atoms with van der Waals surface area (Å²) in [5, 5.41) is 0. The Labute approximate surface area is 157 Å². The van der Waals surface area contributed by atoms with Gasteiger partial charge in [-0.15, -0.1) is 0 Å². The van der Waals surface area contributed by atoms with Gasteiger partial charge in [0, 0.05) is 37.2 Å². The van der Waals surface area contributed by atoms with Gasteiger partial charge in [-0.05, 0) is 46.1 Å². The van der Waals surface area contributed by atoms with Crippen LogP contribution in [0.5, 0.6) is 5.75 Å². The third kappa shape index (κ3) is 4.61. The van der Waals surface area contributed by atoms with Crippen molar-refractivity contribution in [3.8, 4) is 5.75 Å². The minimum atomic E-state index is 0.0634. The average Bonchev–Trinajstić information content (AvgIpc) is 2.67. The normalized spacial score (nSPS) is 15.2. The average molecular weight is 403 g/mol. The van der Waals surface area contributed by atoms with Gasteiger partial charge in [0.15, 0.2) is 0 Å². The monoisotopic (exact) mass is 402 g/mol. The molecule has 132 valence electrons. The predicted octanol–water partition coefficient (Wildman–Crippen LogP) is 3.46. The summed E-state index contributed by atoms with van der Waals surface area (Å²) in [6, 6.07) is 16.1. The minimum Gasteiger partial charge on any atom is -0.497 e. The number of rotatable bonds is 5. The van der Waals surface area contributed by atoms with Crippen LogP contribution in [0.25, 0.3) is 0 Å². The summed E-state index contributed by atoms with van der Waals surface area (Å²) >= 11 is 3.48. The molecule has 0 N–H and O–H groups in total. The van der Waals surface area contributed by atoms with Crippen molar-refractivity contribution in [1.29, 1.82) is 0 Å². The van der Waals surface area contributed by atoms with Gasteiger partial charge >= 0.3 is 0 Å². The van der Waals surface area contributed by atoms with E-state index in [2.05, 4.69) is 45.1 Å². The summed E-state index contributed by atoms with van der Waals surface area (Å²) < 4.78 is 6.05. The van der Waals surface area contributed by atoms with Gasteiger partial charge in [-0.25, -0.2) is 0 Å². The van der Waals surface area contributed by atoms with Crippen LogP contribution in [0, 0.1) is 0 Å². The van der Waals surface area contributed by atoms with Crippen molar-refractivity contribution in [1.82, 2.24) is 9.80 Å². The van der Waals surface area contributed by atoms with Gasteiger partial charge in [0.05, 0.1) is 12.7 Å². The molecule has 25 heavy (non-hydrogen) atoms. The maximum atomic E-state index is 12.8. The molecule has 0 aliphatic carbocycles. The Bertz CT molecular complexity index is 713. The number of nitrogens with zero attached hydrogens (tertiary/aromatic N) is 2. The van der Waals surface area contributed by atoms with Crippen LogP contribution in [-0.4, -0.2) is 55.5 Å². The van der Waals surface area contributed by atoms with Crippen LogP contribution < -0.4 is 4.74 Å². The summed E-state index contributed by atoms with van der Waals surface area (Å²) in [6.45, 7) is 4.39. The van der Waals surface area contributed by atoms with Crippen LogP contribution in [0.15, 0.2) is 53.0 Å². The van der Waals surface area contributed by atoms with Gasteiger partial charge in [0.1, 0.15) is 5.75 Å². The first-order chi connectivity index (χ1) is 12.2. The van der Waals surface area contributed by atoms with Crippen LogP contribution in [0.3, 0.4) is 0 Å². The summed E-state index contributed by atoms with van der Waals surface area (Å²) in [4.78, 5) is 17.2. The minimum absolute atomic E-state index is 0.0634. The lowest BCUT2D eigenvalue weighted by Crippen LogP contribution is -2.49. The molecule has 1 fully saturated rings. The van der Waals surface area contributed by atoms with E-state index < -0.39 is 0 Å². The first-order valence-corrected chi connectivity index (χ1v) is 9.36. The first kappa shape index (κ1) is 18.0. The molecule has 3 rings (SSSR count). The molecule has 0 bridgehead atoms. The molecule has 1 amide bonds. The van der Waals surface area contributed by atoms with Crippen LogP contribution in [0.1, 0.15) is 15.9 Å². The molecule has 2 aromatic carbocycles. The molecule has 4 nitrogen and oxygen atoms in total. The topological polar surface area (TPSA) is 32.8 Å². The maximum absolute atomic E-state index is 12.8. The Hall–Kier alpha value is -1.85. The van der Waals surface area contributed by atoms with E-state index in [4.69, 9.17) is 4.74 Å². The lowest BCUT2D eigenvalue weighted by Gasteiger charge is -2.35. The van der Waals surface area contributed by atoms with E-state index in [0.717, 1.165) is 43.6 Å². The number of halogens is 1. The lowest BCUT2D eigenvalue weighted by atomic mass is 10.1. The van der Waals surface area contributed by atoms with Crippen LogP contribution in [0.4, 0.5) is 0 Å². The van der Waals surface area contributed by atoms with E-state index >= 15 is 0 Å². The molecule has 0 unspecified atom stereocenters. The third-order valence-corrected chi connectivity index (χ3v) is 5.31. The van der Waals surface area contributed by atoms with Crippen LogP contribution >= 0.6 is 15.9 Å². The highest BCUT2D eigenvalue weighted by Gasteiger charge is 2.23. The molecular weight excluding hydrogens is 380 g/mol. The van der Waals surface area contributed by atoms with Crippen LogP contribution in [0.2, 0.25) is 0 Å². The van der Waals surface area contributed by atoms with Crippen molar-refractivity contribution >= 4 is 21.8 Å². The second-order valence-electron chi connectivity index (χ2n) is 6.22. The van der Waals surface area contributed by atoms with Crippen molar-refractivity contribution in [2.75, 3.05) is 39.8 Å². The summed E-state index contributed by atoms with van der Waals surface area (Å²) in [6.07, 6.45) is 1.05. The number of hydrogen-bond acceptors (Lipinski definition) is 3. The Morgan fingerprint density at radius 1 is 1.08 bits per heavy atom. The zero-order valence-electron chi connectivity index (χ0n) is 14.5. The first-order valence-electron chi connectivity index (χ1n) is 8.56. The van der Waals surface area contributed by atoms with E-state index in [1.54, 1.807) is 13.2 Å². The SMILES string of the molecule is COc1ccc(Br)c(C(=O)N2CCN(CCc3ccccc3)CC2)c1. The fourth-order valence-electron chi connectivity index (χ4n) is 3.07. The summed E-state index contributed by atoms with van der Waals surface area (Å²) in [7, 11) is 1.61. The molecule has 0 saturated carbocycles. The van der Waals surface area contributed by atoms with Crippen molar-refractivity contribution < 1.29 is 9.53 Å². The fraction of sp³-hybridized carbons (Fsp3) is 0.350. The fourth-order valence-corrected chi connectivity index (χ4v) is 3.49. The van der Waals surface area contributed by atoms with Gasteiger partial charge in [-0.3, -0.25) is 9.69 Å². The zero-order chi connectivity index (χ0) is 17.6. The zero-order valence-corrected chi connectivity index (χ0v) is 16.0. The Morgan fingerprint density at radius 3 is 2.48 bits per heavy atom. The third-order valence-electron chi connectivity index (χ3n) is 4.62. The second kappa shape index (κ2) is 8.50. The highest BCUT2D eigenvalue weighted by Crippen LogP contribution is 2.24. The molecule has 1 saturated heterocycles. The lowest BCUT2D eigenvalue weighted by molar-refractivity contribution is 0.0637. The number of methoxy groups -OCH3 is 1. The molecule has 0 atom stereocenters. The van der Waals surface area contributed by atoms with Gasteiger partial charge in [0.25, 0.3) is 5.91 Å². The molecular formula is C20H23BrN2O2. The molecule has 1 aliphatic heterocycles. The standard InChI is InChI=1S/C20H23BrN2O2/c1-25-17-7-8-19(21)18(15-17)20(24)23-13-11-22(12-14-23)10-9-16-5-3-2-4-6-16/h2-8,15H,9-14H2,1H3. The highest BCUT2D eigenvalue weighted by molar-refractivity contribution is 9.10. The number of carbonyl (C=O) groups is 1. The molecule has 0 aromatic heterocycles. The summed E-state index contributed by atoms with van der Waals surface area (Å²) in [5.41, 5.74) is 2.03. The number of ether oxygens (including phenoxy) is 1. The summed E-state index contributed by atoms with van der Waals surface area (Å²) in [5.74, 6) is 0.765. The van der Waals surface area contributed by atoms with E-state index in [1.165, 1.54) is 5.56 Å². The number of carbonyl (C=O) groups excluding carboxylic acids is 1. The number of hydrogen-bond donors (Lipinski definition) is 0. The molecule has 1 heterocycles.